The number of halogens is 1. The molecule has 20 heavy (non-hydrogen) atoms. The molecule has 3 N–H and O–H groups in total. The van der Waals surface area contributed by atoms with Gasteiger partial charge in [0.05, 0.1) is 16.5 Å². The number of hydrogen-bond acceptors (Lipinski definition) is 4. The molecule has 0 saturated carbocycles. The second-order valence-corrected chi connectivity index (χ2v) is 6.05. The van der Waals surface area contributed by atoms with Crippen LogP contribution in [-0.2, 0) is 10.0 Å². The maximum Gasteiger partial charge on any atom is 0.240 e. The lowest BCUT2D eigenvalue weighted by molar-refractivity contribution is 0.516. The highest BCUT2D eigenvalue weighted by molar-refractivity contribution is 7.89. The van der Waals surface area contributed by atoms with Gasteiger partial charge in [0.2, 0.25) is 10.0 Å². The number of rotatable bonds is 7. The van der Waals surface area contributed by atoms with Gasteiger partial charge in [-0.2, -0.15) is 5.26 Å². The number of nitrogens with two attached hydrogens (primary N) is 1. The molecule has 0 radical (unpaired) electrons. The second kappa shape index (κ2) is 8.93. The Hall–Kier alpha value is -1.13. The molecular weight excluding hydrogens is 298 g/mol. The number of benzene rings is 1. The Morgan fingerprint density at radius 2 is 1.95 bits per heavy atom. The average molecular weight is 318 g/mol. The summed E-state index contributed by atoms with van der Waals surface area (Å²) in [7, 11) is -3.57. The molecule has 0 saturated heterocycles. The first kappa shape index (κ1) is 18.9. The van der Waals surface area contributed by atoms with Crippen molar-refractivity contribution in [1.29, 1.82) is 5.26 Å². The molecule has 1 atom stereocenters. The summed E-state index contributed by atoms with van der Waals surface area (Å²) >= 11 is 0. The third-order valence-electron chi connectivity index (χ3n) is 2.81. The van der Waals surface area contributed by atoms with Crippen molar-refractivity contribution < 1.29 is 8.42 Å². The first-order chi connectivity index (χ1) is 9.03. The molecule has 0 amide bonds. The Balaban J connectivity index is 0.00000361. The van der Waals surface area contributed by atoms with Crippen molar-refractivity contribution >= 4 is 22.4 Å². The van der Waals surface area contributed by atoms with Crippen LogP contribution in [0, 0.1) is 11.3 Å². The van der Waals surface area contributed by atoms with Crippen molar-refractivity contribution in [2.75, 3.05) is 6.54 Å². The predicted molar refractivity (Wildman–Crippen MR) is 81.1 cm³/mol. The van der Waals surface area contributed by atoms with E-state index in [2.05, 4.69) is 4.72 Å². The molecule has 1 aromatic rings. The number of nitrogens with zero attached hydrogens (tertiary/aromatic N) is 1. The van der Waals surface area contributed by atoms with Crippen LogP contribution in [0.5, 0.6) is 0 Å². The van der Waals surface area contributed by atoms with Gasteiger partial charge < -0.3 is 5.73 Å². The van der Waals surface area contributed by atoms with E-state index in [1.54, 1.807) is 0 Å². The number of hydrogen-bond donors (Lipinski definition) is 2. The van der Waals surface area contributed by atoms with Crippen LogP contribution in [0.2, 0.25) is 0 Å². The maximum atomic E-state index is 12.1. The molecule has 7 heteroatoms. The Morgan fingerprint density at radius 1 is 1.35 bits per heavy atom. The van der Waals surface area contributed by atoms with E-state index in [1.807, 2.05) is 13.0 Å². The van der Waals surface area contributed by atoms with Gasteiger partial charge >= 0.3 is 0 Å². The number of unbranched alkanes of at least 4 members (excludes halogenated alkanes) is 1. The molecule has 112 valence electrons. The molecule has 0 heterocycles. The fraction of sp³-hybridized carbons (Fsp3) is 0.462. The van der Waals surface area contributed by atoms with Gasteiger partial charge in [-0.15, -0.1) is 12.4 Å². The van der Waals surface area contributed by atoms with Crippen LogP contribution in [0.25, 0.3) is 0 Å². The first-order valence-corrected chi connectivity index (χ1v) is 7.74. The summed E-state index contributed by atoms with van der Waals surface area (Å²) in [6.45, 7) is 2.32. The van der Waals surface area contributed by atoms with Crippen LogP contribution < -0.4 is 10.5 Å². The summed E-state index contributed by atoms with van der Waals surface area (Å²) in [6, 6.07) is 7.52. The smallest absolute Gasteiger partial charge is 0.240 e. The molecule has 1 unspecified atom stereocenters. The molecule has 0 bridgehead atoms. The van der Waals surface area contributed by atoms with Gasteiger partial charge in [-0.05, 0) is 30.7 Å². The van der Waals surface area contributed by atoms with Crippen molar-refractivity contribution in [3.05, 3.63) is 29.8 Å². The van der Waals surface area contributed by atoms with Gasteiger partial charge in [0, 0.05) is 12.6 Å². The van der Waals surface area contributed by atoms with E-state index in [9.17, 15) is 8.42 Å². The molecule has 0 aliphatic heterocycles. The van der Waals surface area contributed by atoms with E-state index >= 15 is 0 Å². The number of nitriles is 1. The van der Waals surface area contributed by atoms with Crippen molar-refractivity contribution in [1.82, 2.24) is 4.72 Å². The summed E-state index contributed by atoms with van der Waals surface area (Å²) in [4.78, 5) is 0.154. The van der Waals surface area contributed by atoms with Gasteiger partial charge in [-0.25, -0.2) is 13.1 Å². The first-order valence-electron chi connectivity index (χ1n) is 6.26. The van der Waals surface area contributed by atoms with Crippen LogP contribution >= 0.6 is 12.4 Å². The molecule has 0 aromatic heterocycles. The van der Waals surface area contributed by atoms with Crippen LogP contribution in [-0.4, -0.2) is 21.0 Å². The SMILES string of the molecule is CCCCC(CN)NS(=O)(=O)c1ccc(C#N)cc1.Cl. The van der Waals surface area contributed by atoms with Crippen molar-refractivity contribution in [3.63, 3.8) is 0 Å². The van der Waals surface area contributed by atoms with Gasteiger partial charge in [-0.3, -0.25) is 0 Å². The molecule has 0 spiro atoms. The van der Waals surface area contributed by atoms with Gasteiger partial charge in [0.15, 0.2) is 0 Å². The zero-order chi connectivity index (χ0) is 14.3. The Labute approximate surface area is 126 Å². The topological polar surface area (TPSA) is 96.0 Å². The summed E-state index contributed by atoms with van der Waals surface area (Å²) in [5, 5.41) is 8.68. The van der Waals surface area contributed by atoms with Crippen LogP contribution in [0.3, 0.4) is 0 Å². The van der Waals surface area contributed by atoms with Crippen molar-refractivity contribution in [2.24, 2.45) is 5.73 Å². The summed E-state index contributed by atoms with van der Waals surface area (Å²) < 4.78 is 26.8. The lowest BCUT2D eigenvalue weighted by Crippen LogP contribution is -2.40. The van der Waals surface area contributed by atoms with Crippen molar-refractivity contribution in [2.45, 2.75) is 37.1 Å². The molecular formula is C13H20ClN3O2S. The van der Waals surface area contributed by atoms with Crippen LogP contribution in [0.4, 0.5) is 0 Å². The predicted octanol–water partition coefficient (Wildman–Crippen LogP) is 1.78. The lowest BCUT2D eigenvalue weighted by atomic mass is 10.1. The second-order valence-electron chi connectivity index (χ2n) is 4.33. The zero-order valence-corrected chi connectivity index (χ0v) is 13.0. The Kier molecular flexibility index (Phi) is 8.42. The molecule has 1 rings (SSSR count). The molecule has 0 aliphatic rings. The number of sulfonamides is 1. The molecule has 1 aromatic carbocycles. The maximum absolute atomic E-state index is 12.1. The standard InChI is InChI=1S/C13H19N3O2S.ClH/c1-2-3-4-12(10-15)16-19(17,18)13-7-5-11(9-14)6-8-13;/h5-8,12,16H,2-4,10,15H2,1H3;1H. The average Bonchev–Trinajstić information content (AvgIpc) is 2.43. The van der Waals surface area contributed by atoms with E-state index in [0.29, 0.717) is 5.56 Å². The quantitative estimate of drug-likeness (QED) is 0.801. The minimum Gasteiger partial charge on any atom is -0.329 e. The fourth-order valence-corrected chi connectivity index (χ4v) is 2.95. The van der Waals surface area contributed by atoms with Crippen molar-refractivity contribution in [3.8, 4) is 6.07 Å². The highest BCUT2D eigenvalue weighted by atomic mass is 35.5. The number of nitrogens with one attached hydrogen (secondary N) is 1. The highest BCUT2D eigenvalue weighted by Crippen LogP contribution is 2.11. The Bertz CT molecular complexity index is 538. The summed E-state index contributed by atoms with van der Waals surface area (Å²) in [5.74, 6) is 0. The summed E-state index contributed by atoms with van der Waals surface area (Å²) in [6.07, 6.45) is 2.65. The largest absolute Gasteiger partial charge is 0.329 e. The van der Waals surface area contributed by atoms with E-state index < -0.39 is 10.0 Å². The normalized spacial score (nSPS) is 12.2. The van der Waals surface area contributed by atoms with Gasteiger partial charge in [0.1, 0.15) is 0 Å². The molecule has 5 nitrogen and oxygen atoms in total. The van der Waals surface area contributed by atoms with E-state index in [4.69, 9.17) is 11.0 Å². The third kappa shape index (κ3) is 5.47. The van der Waals surface area contributed by atoms with E-state index in [0.717, 1.165) is 19.3 Å². The van der Waals surface area contributed by atoms with Crippen LogP contribution in [0.1, 0.15) is 31.7 Å². The van der Waals surface area contributed by atoms with Crippen LogP contribution in [0.15, 0.2) is 29.2 Å². The van der Waals surface area contributed by atoms with E-state index in [-0.39, 0.29) is 29.9 Å². The highest BCUT2D eigenvalue weighted by Gasteiger charge is 2.18. The summed E-state index contributed by atoms with van der Waals surface area (Å²) in [5.41, 5.74) is 6.01. The third-order valence-corrected chi connectivity index (χ3v) is 4.34. The fourth-order valence-electron chi connectivity index (χ4n) is 1.67. The van der Waals surface area contributed by atoms with Gasteiger partial charge in [0.25, 0.3) is 0 Å². The van der Waals surface area contributed by atoms with Gasteiger partial charge in [-0.1, -0.05) is 19.8 Å². The van der Waals surface area contributed by atoms with E-state index in [1.165, 1.54) is 24.3 Å². The minimum atomic E-state index is -3.57. The monoisotopic (exact) mass is 317 g/mol. The molecule has 0 aliphatic carbocycles. The zero-order valence-electron chi connectivity index (χ0n) is 11.4. The molecule has 0 fully saturated rings. The minimum absolute atomic E-state index is 0. The Morgan fingerprint density at radius 3 is 2.40 bits per heavy atom. The lowest BCUT2D eigenvalue weighted by Gasteiger charge is -2.16.